The van der Waals surface area contributed by atoms with Crippen molar-refractivity contribution in [2.24, 2.45) is 0 Å². The molecule has 20 heavy (non-hydrogen) atoms. The van der Waals surface area contributed by atoms with Gasteiger partial charge in [0, 0.05) is 6.20 Å². The van der Waals surface area contributed by atoms with Crippen LogP contribution in [0.2, 0.25) is 0 Å². The number of aromatic nitrogens is 1. The molecule has 2 aromatic rings. The second kappa shape index (κ2) is 6.49. The van der Waals surface area contributed by atoms with Gasteiger partial charge in [0.2, 0.25) is 0 Å². The van der Waals surface area contributed by atoms with Crippen molar-refractivity contribution >= 4 is 15.8 Å². The maximum absolute atomic E-state index is 12.2. The highest BCUT2D eigenvalue weighted by molar-refractivity contribution is 7.92. The monoisotopic (exact) mass is 291 g/mol. The molecule has 0 saturated heterocycles. The van der Waals surface area contributed by atoms with Crippen molar-refractivity contribution < 1.29 is 8.42 Å². The van der Waals surface area contributed by atoms with Crippen molar-refractivity contribution in [2.45, 2.75) is 11.3 Å². The van der Waals surface area contributed by atoms with Crippen LogP contribution >= 0.6 is 0 Å². The van der Waals surface area contributed by atoms with Crippen LogP contribution in [0.3, 0.4) is 0 Å². The first-order valence-electron chi connectivity index (χ1n) is 6.29. The van der Waals surface area contributed by atoms with E-state index in [1.54, 1.807) is 36.5 Å². The Kier molecular flexibility index (Phi) is 4.70. The molecule has 1 heterocycles. The lowest BCUT2D eigenvalue weighted by Crippen LogP contribution is -2.14. The largest absolute Gasteiger partial charge is 0.319 e. The van der Waals surface area contributed by atoms with E-state index in [0.717, 1.165) is 18.5 Å². The third kappa shape index (κ3) is 3.79. The van der Waals surface area contributed by atoms with Crippen LogP contribution in [-0.2, 0) is 16.4 Å². The topological polar surface area (TPSA) is 71.1 Å². The lowest BCUT2D eigenvalue weighted by Gasteiger charge is -2.08. The summed E-state index contributed by atoms with van der Waals surface area (Å²) in [6, 6.07) is 11.9. The summed E-state index contributed by atoms with van der Waals surface area (Å²) in [4.78, 5) is 4.18. The molecule has 1 aromatic carbocycles. The number of nitrogens with one attached hydrogen (secondary N) is 2. The molecule has 0 fully saturated rings. The van der Waals surface area contributed by atoms with Crippen molar-refractivity contribution in [1.29, 1.82) is 0 Å². The molecular weight excluding hydrogens is 274 g/mol. The van der Waals surface area contributed by atoms with Gasteiger partial charge in [-0.05, 0) is 49.8 Å². The Morgan fingerprint density at radius 1 is 1.10 bits per heavy atom. The second-order valence-corrected chi connectivity index (χ2v) is 6.00. The summed E-state index contributed by atoms with van der Waals surface area (Å²) >= 11 is 0. The molecular formula is C14H17N3O2S. The first kappa shape index (κ1) is 14.5. The van der Waals surface area contributed by atoms with Crippen LogP contribution in [0.4, 0.5) is 5.82 Å². The minimum atomic E-state index is -3.58. The van der Waals surface area contributed by atoms with E-state index in [1.807, 2.05) is 19.2 Å². The normalized spacial score (nSPS) is 11.2. The molecule has 0 aliphatic heterocycles. The van der Waals surface area contributed by atoms with Gasteiger partial charge in [-0.1, -0.05) is 18.2 Å². The predicted octanol–water partition coefficient (Wildman–Crippen LogP) is 1.64. The minimum absolute atomic E-state index is 0.233. The van der Waals surface area contributed by atoms with Gasteiger partial charge in [-0.2, -0.15) is 0 Å². The number of benzene rings is 1. The van der Waals surface area contributed by atoms with E-state index in [1.165, 1.54) is 0 Å². The summed E-state index contributed by atoms with van der Waals surface area (Å²) < 4.78 is 26.8. The summed E-state index contributed by atoms with van der Waals surface area (Å²) in [5, 5.41) is 3.05. The summed E-state index contributed by atoms with van der Waals surface area (Å²) in [6.07, 6.45) is 2.41. The summed E-state index contributed by atoms with van der Waals surface area (Å²) in [5.41, 5.74) is 1.09. The van der Waals surface area contributed by atoms with Gasteiger partial charge in [0.25, 0.3) is 10.0 Å². The molecule has 0 amide bonds. The number of hydrogen-bond donors (Lipinski definition) is 2. The van der Waals surface area contributed by atoms with E-state index in [9.17, 15) is 8.42 Å². The highest BCUT2D eigenvalue weighted by Gasteiger charge is 2.14. The molecule has 0 bridgehead atoms. The number of sulfonamides is 1. The average Bonchev–Trinajstić information content (AvgIpc) is 2.46. The molecule has 2 N–H and O–H groups in total. The Hall–Kier alpha value is -1.92. The molecule has 0 spiro atoms. The fourth-order valence-electron chi connectivity index (χ4n) is 1.72. The Bertz CT molecular complexity index is 640. The first-order chi connectivity index (χ1) is 9.62. The van der Waals surface area contributed by atoms with Crippen LogP contribution in [0, 0.1) is 0 Å². The van der Waals surface area contributed by atoms with E-state index in [0.29, 0.717) is 5.82 Å². The fraction of sp³-hybridized carbons (Fsp3) is 0.214. The van der Waals surface area contributed by atoms with Gasteiger partial charge in [-0.15, -0.1) is 0 Å². The number of rotatable bonds is 6. The van der Waals surface area contributed by atoms with Gasteiger partial charge < -0.3 is 5.32 Å². The summed E-state index contributed by atoms with van der Waals surface area (Å²) in [6.45, 7) is 0.859. The number of likely N-dealkylation sites (N-methyl/N-ethyl adjacent to an activating group) is 1. The molecule has 0 unspecified atom stereocenters. The smallest absolute Gasteiger partial charge is 0.263 e. The Labute approximate surface area is 119 Å². The molecule has 0 saturated carbocycles. The summed E-state index contributed by atoms with van der Waals surface area (Å²) in [7, 11) is -1.69. The van der Waals surface area contributed by atoms with E-state index in [2.05, 4.69) is 15.0 Å². The van der Waals surface area contributed by atoms with E-state index < -0.39 is 10.0 Å². The minimum Gasteiger partial charge on any atom is -0.319 e. The van der Waals surface area contributed by atoms with Crippen LogP contribution in [-0.4, -0.2) is 27.0 Å². The van der Waals surface area contributed by atoms with Gasteiger partial charge in [0.1, 0.15) is 5.82 Å². The second-order valence-electron chi connectivity index (χ2n) is 4.32. The van der Waals surface area contributed by atoms with Gasteiger partial charge in [-0.3, -0.25) is 4.72 Å². The van der Waals surface area contributed by atoms with Gasteiger partial charge in [0.15, 0.2) is 0 Å². The Morgan fingerprint density at radius 3 is 2.45 bits per heavy atom. The van der Waals surface area contributed by atoms with Crippen LogP contribution < -0.4 is 10.0 Å². The summed E-state index contributed by atoms with van der Waals surface area (Å²) in [5.74, 6) is 0.312. The number of anilines is 1. The average molecular weight is 291 g/mol. The molecule has 5 nitrogen and oxygen atoms in total. The Balaban J connectivity index is 2.13. The van der Waals surface area contributed by atoms with Crippen LogP contribution in [0.5, 0.6) is 0 Å². The zero-order valence-electron chi connectivity index (χ0n) is 11.2. The molecule has 106 valence electrons. The molecule has 1 aromatic heterocycles. The Morgan fingerprint density at radius 2 is 1.85 bits per heavy atom. The lowest BCUT2D eigenvalue weighted by molar-refractivity contribution is 0.601. The molecule has 6 heteroatoms. The maximum atomic E-state index is 12.2. The number of pyridine rings is 1. The first-order valence-corrected chi connectivity index (χ1v) is 7.77. The van der Waals surface area contributed by atoms with E-state index in [-0.39, 0.29) is 4.90 Å². The molecule has 0 aliphatic rings. The van der Waals surface area contributed by atoms with Crippen molar-refractivity contribution in [2.75, 3.05) is 18.3 Å². The maximum Gasteiger partial charge on any atom is 0.263 e. The molecule has 0 aliphatic carbocycles. The highest BCUT2D eigenvalue weighted by Crippen LogP contribution is 2.14. The quantitative estimate of drug-likeness (QED) is 0.849. The molecule has 0 radical (unpaired) electrons. The van der Waals surface area contributed by atoms with Crippen molar-refractivity contribution in [3.05, 3.63) is 54.2 Å². The zero-order chi connectivity index (χ0) is 14.4. The van der Waals surface area contributed by atoms with E-state index >= 15 is 0 Å². The fourth-order valence-corrected chi connectivity index (χ4v) is 2.73. The number of nitrogens with zero attached hydrogens (tertiary/aromatic N) is 1. The predicted molar refractivity (Wildman–Crippen MR) is 79.1 cm³/mol. The van der Waals surface area contributed by atoms with Crippen molar-refractivity contribution in [3.8, 4) is 0 Å². The van der Waals surface area contributed by atoms with Gasteiger partial charge >= 0.3 is 0 Å². The third-order valence-corrected chi connectivity index (χ3v) is 4.17. The van der Waals surface area contributed by atoms with Crippen LogP contribution in [0.1, 0.15) is 5.56 Å². The molecule has 2 rings (SSSR count). The van der Waals surface area contributed by atoms with Crippen molar-refractivity contribution in [1.82, 2.24) is 10.3 Å². The van der Waals surface area contributed by atoms with Gasteiger partial charge in [0.05, 0.1) is 4.90 Å². The highest BCUT2D eigenvalue weighted by atomic mass is 32.2. The zero-order valence-corrected chi connectivity index (χ0v) is 12.0. The lowest BCUT2D eigenvalue weighted by atomic mass is 10.1. The SMILES string of the molecule is CNCCc1ccc(S(=O)(=O)Nc2ccccn2)cc1. The van der Waals surface area contributed by atoms with Crippen LogP contribution in [0.25, 0.3) is 0 Å². The standard InChI is InChI=1S/C14H17N3O2S/c1-15-11-9-12-5-7-13(8-6-12)20(18,19)17-14-4-2-3-10-16-14/h2-8,10,15H,9,11H2,1H3,(H,16,17). The molecule has 0 atom stereocenters. The number of hydrogen-bond acceptors (Lipinski definition) is 4. The van der Waals surface area contributed by atoms with E-state index in [4.69, 9.17) is 0 Å². The third-order valence-electron chi connectivity index (χ3n) is 2.80. The van der Waals surface area contributed by atoms with Crippen molar-refractivity contribution in [3.63, 3.8) is 0 Å². The van der Waals surface area contributed by atoms with Gasteiger partial charge in [-0.25, -0.2) is 13.4 Å². The van der Waals surface area contributed by atoms with Crippen LogP contribution in [0.15, 0.2) is 53.6 Å².